The fraction of sp³-hybridized carbons (Fsp3) is 0.150. The Morgan fingerprint density at radius 2 is 1.96 bits per heavy atom. The standard InChI is InChI=1S/C20H18BrClN4O2/c1-13-6-7-14(21)12-17(13)24-19(27)8-10-23-20(28)16-9-11-26(25-16)18-5-3-2-4-15(18)22/h2-7,9,11-12H,8,10H2,1H3,(H,23,28)(H,24,27). The van der Waals surface area contributed by atoms with E-state index < -0.39 is 0 Å². The van der Waals surface area contributed by atoms with Crippen LogP contribution in [0.15, 0.2) is 59.2 Å². The second kappa shape index (κ2) is 9.03. The number of amides is 2. The van der Waals surface area contributed by atoms with Crippen LogP contribution < -0.4 is 10.6 Å². The van der Waals surface area contributed by atoms with Crippen molar-refractivity contribution >= 4 is 45.0 Å². The lowest BCUT2D eigenvalue weighted by molar-refractivity contribution is -0.116. The third-order valence-corrected chi connectivity index (χ3v) is 4.85. The van der Waals surface area contributed by atoms with E-state index in [1.54, 1.807) is 23.0 Å². The molecule has 1 aromatic heterocycles. The normalized spacial score (nSPS) is 10.5. The summed E-state index contributed by atoms with van der Waals surface area (Å²) in [7, 11) is 0. The number of rotatable bonds is 6. The number of hydrogen-bond donors (Lipinski definition) is 2. The molecular weight excluding hydrogens is 444 g/mol. The minimum Gasteiger partial charge on any atom is -0.350 e. The van der Waals surface area contributed by atoms with Gasteiger partial charge in [0.1, 0.15) is 0 Å². The van der Waals surface area contributed by atoms with Gasteiger partial charge in [0.05, 0.1) is 10.7 Å². The molecule has 0 atom stereocenters. The number of benzene rings is 2. The van der Waals surface area contributed by atoms with Crippen molar-refractivity contribution in [2.45, 2.75) is 13.3 Å². The largest absolute Gasteiger partial charge is 0.350 e. The molecule has 0 fully saturated rings. The number of nitrogens with one attached hydrogen (secondary N) is 2. The zero-order chi connectivity index (χ0) is 20.1. The first kappa shape index (κ1) is 20.1. The van der Waals surface area contributed by atoms with E-state index in [2.05, 4.69) is 31.7 Å². The van der Waals surface area contributed by atoms with Gasteiger partial charge in [-0.1, -0.05) is 45.7 Å². The minimum atomic E-state index is -0.350. The fourth-order valence-corrected chi connectivity index (χ4v) is 3.12. The summed E-state index contributed by atoms with van der Waals surface area (Å²) in [6.07, 6.45) is 1.82. The molecule has 0 saturated carbocycles. The van der Waals surface area contributed by atoms with Gasteiger partial charge in [-0.05, 0) is 42.8 Å². The van der Waals surface area contributed by atoms with Gasteiger partial charge in [0, 0.05) is 29.3 Å². The highest BCUT2D eigenvalue weighted by Crippen LogP contribution is 2.21. The summed E-state index contributed by atoms with van der Waals surface area (Å²) in [4.78, 5) is 24.4. The SMILES string of the molecule is Cc1ccc(Br)cc1NC(=O)CCNC(=O)c1ccn(-c2ccccc2Cl)n1. The maximum Gasteiger partial charge on any atom is 0.271 e. The van der Waals surface area contributed by atoms with Crippen LogP contribution in [0.4, 0.5) is 5.69 Å². The number of para-hydroxylation sites is 1. The molecular formula is C20H18BrClN4O2. The lowest BCUT2D eigenvalue weighted by Crippen LogP contribution is -2.28. The van der Waals surface area contributed by atoms with Crippen molar-refractivity contribution in [2.24, 2.45) is 0 Å². The molecule has 0 radical (unpaired) electrons. The van der Waals surface area contributed by atoms with E-state index >= 15 is 0 Å². The number of hydrogen-bond acceptors (Lipinski definition) is 3. The van der Waals surface area contributed by atoms with Crippen molar-refractivity contribution in [3.8, 4) is 5.69 Å². The minimum absolute atomic E-state index is 0.156. The molecule has 0 spiro atoms. The molecule has 0 aliphatic carbocycles. The van der Waals surface area contributed by atoms with Gasteiger partial charge in [0.2, 0.25) is 5.91 Å². The second-order valence-electron chi connectivity index (χ2n) is 6.11. The van der Waals surface area contributed by atoms with Crippen LogP contribution in [0.25, 0.3) is 5.69 Å². The lowest BCUT2D eigenvalue weighted by atomic mass is 10.2. The van der Waals surface area contributed by atoms with Gasteiger partial charge in [0.25, 0.3) is 5.91 Å². The molecule has 0 unspecified atom stereocenters. The third-order valence-electron chi connectivity index (χ3n) is 4.03. The molecule has 2 N–H and O–H groups in total. The van der Waals surface area contributed by atoms with Crippen molar-refractivity contribution in [1.82, 2.24) is 15.1 Å². The molecule has 6 nitrogen and oxygen atoms in total. The van der Waals surface area contributed by atoms with Gasteiger partial charge in [-0.15, -0.1) is 0 Å². The first-order chi connectivity index (χ1) is 13.4. The van der Waals surface area contributed by atoms with Gasteiger partial charge in [0.15, 0.2) is 5.69 Å². The molecule has 144 valence electrons. The fourth-order valence-electron chi connectivity index (χ4n) is 2.54. The highest BCUT2D eigenvalue weighted by atomic mass is 79.9. The van der Waals surface area contributed by atoms with E-state index in [9.17, 15) is 9.59 Å². The molecule has 1 heterocycles. The Hall–Kier alpha value is -2.64. The van der Waals surface area contributed by atoms with Gasteiger partial charge in [-0.2, -0.15) is 5.10 Å². The number of anilines is 1. The predicted octanol–water partition coefficient (Wildman–Crippen LogP) is 4.36. The Morgan fingerprint density at radius 1 is 1.18 bits per heavy atom. The molecule has 0 aliphatic heterocycles. The van der Waals surface area contributed by atoms with Crippen LogP contribution in [0.1, 0.15) is 22.5 Å². The van der Waals surface area contributed by atoms with Crippen molar-refractivity contribution in [3.05, 3.63) is 75.5 Å². The smallest absolute Gasteiger partial charge is 0.271 e. The molecule has 0 bridgehead atoms. The summed E-state index contributed by atoms with van der Waals surface area (Å²) in [5, 5.41) is 10.3. The summed E-state index contributed by atoms with van der Waals surface area (Å²) in [5.41, 5.74) is 2.64. The van der Waals surface area contributed by atoms with E-state index in [0.29, 0.717) is 10.7 Å². The highest BCUT2D eigenvalue weighted by Gasteiger charge is 2.12. The van der Waals surface area contributed by atoms with E-state index in [0.717, 1.165) is 15.7 Å². The Morgan fingerprint density at radius 3 is 2.75 bits per heavy atom. The number of halogens is 2. The second-order valence-corrected chi connectivity index (χ2v) is 7.43. The van der Waals surface area contributed by atoms with Gasteiger partial charge in [-0.25, -0.2) is 4.68 Å². The van der Waals surface area contributed by atoms with E-state index in [1.165, 1.54) is 0 Å². The summed E-state index contributed by atoms with van der Waals surface area (Å²) in [5.74, 6) is -0.527. The molecule has 8 heteroatoms. The summed E-state index contributed by atoms with van der Waals surface area (Å²) < 4.78 is 2.43. The molecule has 2 amide bonds. The summed E-state index contributed by atoms with van der Waals surface area (Å²) >= 11 is 9.53. The van der Waals surface area contributed by atoms with Crippen LogP contribution in [0.5, 0.6) is 0 Å². The summed E-state index contributed by atoms with van der Waals surface area (Å²) in [6.45, 7) is 2.12. The number of carbonyl (C=O) groups excluding carboxylic acids is 2. The van der Waals surface area contributed by atoms with Crippen molar-refractivity contribution in [3.63, 3.8) is 0 Å². The first-order valence-electron chi connectivity index (χ1n) is 8.59. The molecule has 0 aliphatic rings. The number of aryl methyl sites for hydroxylation is 1. The average molecular weight is 462 g/mol. The predicted molar refractivity (Wildman–Crippen MR) is 113 cm³/mol. The Labute approximate surface area is 176 Å². The van der Waals surface area contributed by atoms with E-state index in [4.69, 9.17) is 11.6 Å². The van der Waals surface area contributed by atoms with Crippen LogP contribution in [0, 0.1) is 6.92 Å². The van der Waals surface area contributed by atoms with Gasteiger partial charge in [-0.3, -0.25) is 9.59 Å². The topological polar surface area (TPSA) is 76.0 Å². The Balaban J connectivity index is 1.53. The van der Waals surface area contributed by atoms with Crippen LogP contribution in [-0.4, -0.2) is 28.1 Å². The Kier molecular flexibility index (Phi) is 6.49. The lowest BCUT2D eigenvalue weighted by Gasteiger charge is -2.09. The zero-order valence-corrected chi connectivity index (χ0v) is 17.4. The zero-order valence-electron chi connectivity index (χ0n) is 15.1. The number of nitrogens with zero attached hydrogens (tertiary/aromatic N) is 2. The summed E-state index contributed by atoms with van der Waals surface area (Å²) in [6, 6.07) is 14.5. The maximum absolute atomic E-state index is 12.3. The van der Waals surface area contributed by atoms with E-state index in [-0.39, 0.29) is 30.5 Å². The van der Waals surface area contributed by atoms with Crippen molar-refractivity contribution in [2.75, 3.05) is 11.9 Å². The molecule has 3 aromatic rings. The average Bonchev–Trinajstić information content (AvgIpc) is 3.15. The third kappa shape index (κ3) is 4.99. The molecule has 2 aromatic carbocycles. The van der Waals surface area contributed by atoms with Gasteiger partial charge >= 0.3 is 0 Å². The highest BCUT2D eigenvalue weighted by molar-refractivity contribution is 9.10. The number of aromatic nitrogens is 2. The number of carbonyl (C=O) groups is 2. The van der Waals surface area contributed by atoms with Gasteiger partial charge < -0.3 is 10.6 Å². The van der Waals surface area contributed by atoms with Crippen molar-refractivity contribution < 1.29 is 9.59 Å². The Bertz CT molecular complexity index is 1020. The quantitative estimate of drug-likeness (QED) is 0.573. The molecule has 3 rings (SSSR count). The van der Waals surface area contributed by atoms with Crippen LogP contribution in [0.3, 0.4) is 0 Å². The van der Waals surface area contributed by atoms with Crippen LogP contribution >= 0.6 is 27.5 Å². The monoisotopic (exact) mass is 460 g/mol. The van der Waals surface area contributed by atoms with E-state index in [1.807, 2.05) is 43.3 Å². The van der Waals surface area contributed by atoms with Crippen LogP contribution in [-0.2, 0) is 4.79 Å². The maximum atomic E-state index is 12.3. The van der Waals surface area contributed by atoms with Crippen LogP contribution in [0.2, 0.25) is 5.02 Å². The van der Waals surface area contributed by atoms with Crippen molar-refractivity contribution in [1.29, 1.82) is 0 Å². The molecule has 0 saturated heterocycles. The molecule has 28 heavy (non-hydrogen) atoms. The first-order valence-corrected chi connectivity index (χ1v) is 9.76.